The summed E-state index contributed by atoms with van der Waals surface area (Å²) < 4.78 is 38.0. The first-order valence-corrected chi connectivity index (χ1v) is 10.9. The van der Waals surface area contributed by atoms with Gasteiger partial charge in [0.2, 0.25) is 5.91 Å². The second kappa shape index (κ2) is 10.8. The molecule has 29 heavy (non-hydrogen) atoms. The van der Waals surface area contributed by atoms with Crippen molar-refractivity contribution in [3.63, 3.8) is 0 Å². The number of nitrogens with zero attached hydrogens (tertiary/aromatic N) is 1. The first-order valence-electron chi connectivity index (χ1n) is 9.46. The van der Waals surface area contributed by atoms with Crippen LogP contribution in [0.3, 0.4) is 0 Å². The molecule has 0 saturated heterocycles. The molecular formula is C21H28N2O5S. The third-order valence-electron chi connectivity index (χ3n) is 4.25. The average Bonchev–Trinajstić information content (AvgIpc) is 2.72. The van der Waals surface area contributed by atoms with Gasteiger partial charge in [0.15, 0.2) is 0 Å². The zero-order chi connectivity index (χ0) is 21.3. The number of carbonyl (C=O) groups excluding carboxylic acids is 1. The van der Waals surface area contributed by atoms with Gasteiger partial charge < -0.3 is 14.8 Å². The van der Waals surface area contributed by atoms with Crippen molar-refractivity contribution < 1.29 is 22.7 Å². The molecule has 8 heteroatoms. The molecule has 0 bridgehead atoms. The number of rotatable bonds is 11. The summed E-state index contributed by atoms with van der Waals surface area (Å²) in [7, 11) is -2.38. The molecule has 158 valence electrons. The van der Waals surface area contributed by atoms with Gasteiger partial charge in [0, 0.05) is 19.8 Å². The summed E-state index contributed by atoms with van der Waals surface area (Å²) in [4.78, 5) is 12.6. The van der Waals surface area contributed by atoms with Crippen LogP contribution >= 0.6 is 0 Å². The van der Waals surface area contributed by atoms with Crippen molar-refractivity contribution >= 4 is 21.6 Å². The van der Waals surface area contributed by atoms with E-state index in [-0.39, 0.29) is 17.3 Å². The fraction of sp³-hybridized carbons (Fsp3) is 0.381. The Labute approximate surface area is 172 Å². The van der Waals surface area contributed by atoms with Crippen LogP contribution in [0.4, 0.5) is 5.69 Å². The Balaban J connectivity index is 2.23. The molecule has 1 amide bonds. The lowest BCUT2D eigenvalue weighted by atomic mass is 10.2. The number of anilines is 1. The van der Waals surface area contributed by atoms with Crippen molar-refractivity contribution in [3.05, 3.63) is 54.1 Å². The molecule has 0 aliphatic heterocycles. The van der Waals surface area contributed by atoms with E-state index in [2.05, 4.69) is 5.32 Å². The minimum Gasteiger partial charge on any atom is -0.497 e. The molecule has 0 unspecified atom stereocenters. The van der Waals surface area contributed by atoms with E-state index in [1.54, 1.807) is 48.5 Å². The number of methoxy groups -OCH3 is 1. The first kappa shape index (κ1) is 22.7. The second-order valence-corrected chi connectivity index (χ2v) is 8.29. The fourth-order valence-electron chi connectivity index (χ4n) is 2.63. The van der Waals surface area contributed by atoms with Gasteiger partial charge in [-0.15, -0.1) is 0 Å². The lowest BCUT2D eigenvalue weighted by Crippen LogP contribution is -2.41. The highest BCUT2D eigenvalue weighted by atomic mass is 32.2. The van der Waals surface area contributed by atoms with E-state index in [0.717, 1.165) is 9.87 Å². The molecule has 0 atom stereocenters. The van der Waals surface area contributed by atoms with Crippen LogP contribution in [0.15, 0.2) is 53.4 Å². The molecule has 2 aromatic carbocycles. The number of nitrogens with one attached hydrogen (secondary N) is 1. The molecule has 2 aromatic rings. The predicted molar refractivity (Wildman–Crippen MR) is 113 cm³/mol. The van der Waals surface area contributed by atoms with Crippen LogP contribution in [0.2, 0.25) is 0 Å². The van der Waals surface area contributed by atoms with Gasteiger partial charge >= 0.3 is 0 Å². The molecule has 0 aromatic heterocycles. The molecule has 0 aliphatic carbocycles. The van der Waals surface area contributed by atoms with E-state index in [1.165, 1.54) is 7.11 Å². The highest BCUT2D eigenvalue weighted by Crippen LogP contribution is 2.25. The van der Waals surface area contributed by atoms with Crippen LogP contribution in [0.1, 0.15) is 18.9 Å². The van der Waals surface area contributed by atoms with E-state index in [4.69, 9.17) is 9.47 Å². The Hall–Kier alpha value is -2.58. The van der Waals surface area contributed by atoms with Gasteiger partial charge in [0.1, 0.15) is 12.3 Å². The summed E-state index contributed by atoms with van der Waals surface area (Å²) in [6.45, 7) is 5.04. The van der Waals surface area contributed by atoms with Crippen molar-refractivity contribution in [2.24, 2.45) is 0 Å². The van der Waals surface area contributed by atoms with Crippen LogP contribution in [0, 0.1) is 6.92 Å². The molecule has 7 nitrogen and oxygen atoms in total. The maximum atomic E-state index is 13.2. The van der Waals surface area contributed by atoms with E-state index in [0.29, 0.717) is 37.6 Å². The summed E-state index contributed by atoms with van der Waals surface area (Å²) in [6.07, 6.45) is 0.660. The maximum Gasteiger partial charge on any atom is 0.264 e. The summed E-state index contributed by atoms with van der Waals surface area (Å²) in [5, 5.41) is 2.75. The van der Waals surface area contributed by atoms with Crippen LogP contribution in [0.5, 0.6) is 5.75 Å². The minimum atomic E-state index is -3.92. The maximum absolute atomic E-state index is 13.2. The van der Waals surface area contributed by atoms with Crippen LogP contribution in [-0.4, -0.2) is 47.7 Å². The highest BCUT2D eigenvalue weighted by molar-refractivity contribution is 7.92. The number of ether oxygens (including phenoxy) is 2. The Morgan fingerprint density at radius 3 is 2.31 bits per heavy atom. The normalized spacial score (nSPS) is 11.1. The lowest BCUT2D eigenvalue weighted by Gasteiger charge is -2.24. The Morgan fingerprint density at radius 1 is 1.07 bits per heavy atom. The minimum absolute atomic E-state index is 0.128. The topological polar surface area (TPSA) is 84.9 Å². The molecular weight excluding hydrogens is 392 g/mol. The van der Waals surface area contributed by atoms with E-state index in [1.807, 2.05) is 13.8 Å². The molecule has 0 fully saturated rings. The monoisotopic (exact) mass is 420 g/mol. The summed E-state index contributed by atoms with van der Waals surface area (Å²) >= 11 is 0. The smallest absolute Gasteiger partial charge is 0.264 e. The Bertz CT molecular complexity index is 880. The fourth-order valence-corrected chi connectivity index (χ4v) is 4.05. The average molecular weight is 421 g/mol. The van der Waals surface area contributed by atoms with Gasteiger partial charge in [-0.05, 0) is 56.7 Å². The van der Waals surface area contributed by atoms with Gasteiger partial charge in [-0.2, -0.15) is 0 Å². The van der Waals surface area contributed by atoms with Gasteiger partial charge in [0.25, 0.3) is 10.0 Å². The number of benzene rings is 2. The molecule has 0 heterocycles. The van der Waals surface area contributed by atoms with Crippen molar-refractivity contribution in [2.45, 2.75) is 25.2 Å². The summed E-state index contributed by atoms with van der Waals surface area (Å²) in [5.74, 6) is 0.217. The molecule has 0 aliphatic rings. The predicted octanol–water partition coefficient (Wildman–Crippen LogP) is 2.74. The third-order valence-corrected chi connectivity index (χ3v) is 6.04. The number of hydrogen-bond acceptors (Lipinski definition) is 5. The van der Waals surface area contributed by atoms with Gasteiger partial charge in [-0.25, -0.2) is 8.42 Å². The van der Waals surface area contributed by atoms with Crippen LogP contribution in [-0.2, 0) is 19.6 Å². The third kappa shape index (κ3) is 6.47. The quantitative estimate of drug-likeness (QED) is 0.565. The van der Waals surface area contributed by atoms with Crippen LogP contribution in [0.25, 0.3) is 0 Å². The first-order chi connectivity index (χ1) is 13.9. The molecule has 2 rings (SSSR count). The van der Waals surface area contributed by atoms with Gasteiger partial charge in [0.05, 0.1) is 17.7 Å². The number of hydrogen-bond donors (Lipinski definition) is 1. The number of sulfonamides is 1. The summed E-state index contributed by atoms with van der Waals surface area (Å²) in [6, 6.07) is 13.1. The molecule has 0 saturated carbocycles. The number of amides is 1. The van der Waals surface area contributed by atoms with Crippen LogP contribution < -0.4 is 14.4 Å². The SMILES string of the molecule is CCOCCCNC(=O)CN(c1ccc(OC)cc1)S(=O)(=O)c1ccc(C)cc1. The lowest BCUT2D eigenvalue weighted by molar-refractivity contribution is -0.119. The zero-order valence-electron chi connectivity index (χ0n) is 17.1. The van der Waals surface area contributed by atoms with Crippen molar-refractivity contribution in [1.82, 2.24) is 5.32 Å². The van der Waals surface area contributed by atoms with E-state index < -0.39 is 10.0 Å². The highest BCUT2D eigenvalue weighted by Gasteiger charge is 2.27. The zero-order valence-corrected chi connectivity index (χ0v) is 17.9. The molecule has 0 spiro atoms. The van der Waals surface area contributed by atoms with Crippen molar-refractivity contribution in [1.29, 1.82) is 0 Å². The van der Waals surface area contributed by atoms with Crippen molar-refractivity contribution in [2.75, 3.05) is 37.7 Å². The second-order valence-electron chi connectivity index (χ2n) is 6.42. The number of carbonyl (C=O) groups is 1. The Kier molecular flexibility index (Phi) is 8.48. The van der Waals surface area contributed by atoms with E-state index in [9.17, 15) is 13.2 Å². The standard InChI is InChI=1S/C21H28N2O5S/c1-4-28-15-5-14-22-21(24)16-23(18-8-10-19(27-3)11-9-18)29(25,26)20-12-6-17(2)7-13-20/h6-13H,4-5,14-16H2,1-3H3,(H,22,24). The molecule has 1 N–H and O–H groups in total. The Morgan fingerprint density at radius 2 is 1.72 bits per heavy atom. The number of aryl methyl sites for hydroxylation is 1. The van der Waals surface area contributed by atoms with Crippen molar-refractivity contribution in [3.8, 4) is 5.75 Å². The largest absolute Gasteiger partial charge is 0.497 e. The molecule has 0 radical (unpaired) electrons. The van der Waals surface area contributed by atoms with Gasteiger partial charge in [-0.1, -0.05) is 17.7 Å². The van der Waals surface area contributed by atoms with Gasteiger partial charge in [-0.3, -0.25) is 9.10 Å². The summed E-state index contributed by atoms with van der Waals surface area (Å²) in [5.41, 5.74) is 1.34. The van der Waals surface area contributed by atoms with E-state index >= 15 is 0 Å².